The summed E-state index contributed by atoms with van der Waals surface area (Å²) in [7, 11) is 0. The highest BCUT2D eigenvalue weighted by molar-refractivity contribution is 5.05. The van der Waals surface area contributed by atoms with E-state index in [0.717, 1.165) is 31.6 Å². The number of alkyl halides is 2. The van der Waals surface area contributed by atoms with E-state index in [1.165, 1.54) is 6.07 Å². The average molecular weight is 300 g/mol. The van der Waals surface area contributed by atoms with Crippen molar-refractivity contribution in [3.8, 4) is 0 Å². The van der Waals surface area contributed by atoms with Crippen molar-refractivity contribution in [2.45, 2.75) is 62.8 Å². The van der Waals surface area contributed by atoms with Gasteiger partial charge >= 0.3 is 0 Å². The maximum Gasteiger partial charge on any atom is 0.280 e. The van der Waals surface area contributed by atoms with Crippen molar-refractivity contribution < 1.29 is 13.3 Å². The molecule has 2 heterocycles. The zero-order valence-corrected chi connectivity index (χ0v) is 12.0. The van der Waals surface area contributed by atoms with E-state index < -0.39 is 5.92 Å². The molecule has 0 amide bonds. The number of rotatable bonds is 3. The molecule has 118 valence electrons. The standard InChI is InChI=1S/C15H22F2N2O2/c16-15(17)4-1-10(2-5-15)7-12-8-11(3-6-18-12)13-9-14(20)19-21-13/h9-12,18H,1-8H2,(H,19,20)/t11-,12-/m0/s1. The second-order valence-electron chi connectivity index (χ2n) is 6.52. The van der Waals surface area contributed by atoms with Crippen LogP contribution in [0.25, 0.3) is 0 Å². The Morgan fingerprint density at radius 3 is 2.71 bits per heavy atom. The van der Waals surface area contributed by atoms with Gasteiger partial charge in [-0.3, -0.25) is 4.79 Å². The van der Waals surface area contributed by atoms with E-state index in [0.29, 0.717) is 24.8 Å². The lowest BCUT2D eigenvalue weighted by molar-refractivity contribution is -0.0477. The van der Waals surface area contributed by atoms with Crippen molar-refractivity contribution in [2.75, 3.05) is 6.54 Å². The Balaban J connectivity index is 1.53. The lowest BCUT2D eigenvalue weighted by Gasteiger charge is -2.34. The fourth-order valence-corrected chi connectivity index (χ4v) is 3.68. The minimum absolute atomic E-state index is 0.0283. The van der Waals surface area contributed by atoms with Gasteiger partial charge in [0.25, 0.3) is 5.56 Å². The SMILES string of the molecule is O=c1cc([C@H]2CCN[C@@H](CC3CCC(F)(F)CC3)C2)o[nH]1. The van der Waals surface area contributed by atoms with Crippen molar-refractivity contribution in [1.29, 1.82) is 0 Å². The molecule has 0 spiro atoms. The lowest BCUT2D eigenvalue weighted by Crippen LogP contribution is -2.39. The fraction of sp³-hybridized carbons (Fsp3) is 0.800. The Labute approximate surface area is 122 Å². The minimum atomic E-state index is -2.45. The van der Waals surface area contributed by atoms with Crippen molar-refractivity contribution >= 4 is 0 Å². The van der Waals surface area contributed by atoms with E-state index in [1.807, 2.05) is 0 Å². The first kappa shape index (κ1) is 14.8. The molecule has 2 atom stereocenters. The first-order valence-electron chi connectivity index (χ1n) is 7.81. The van der Waals surface area contributed by atoms with Crippen molar-refractivity contribution in [1.82, 2.24) is 10.5 Å². The van der Waals surface area contributed by atoms with Gasteiger partial charge < -0.3 is 9.84 Å². The van der Waals surface area contributed by atoms with E-state index in [4.69, 9.17) is 4.52 Å². The van der Waals surface area contributed by atoms with E-state index in [-0.39, 0.29) is 24.3 Å². The van der Waals surface area contributed by atoms with Crippen LogP contribution in [0.5, 0.6) is 0 Å². The van der Waals surface area contributed by atoms with E-state index in [9.17, 15) is 13.6 Å². The molecule has 2 N–H and O–H groups in total. The first-order chi connectivity index (χ1) is 10.0. The van der Waals surface area contributed by atoms with Crippen molar-refractivity contribution in [3.05, 3.63) is 22.2 Å². The Morgan fingerprint density at radius 2 is 2.05 bits per heavy atom. The third kappa shape index (κ3) is 3.73. The molecule has 1 aliphatic heterocycles. The van der Waals surface area contributed by atoms with Crippen LogP contribution in [0, 0.1) is 5.92 Å². The maximum atomic E-state index is 13.2. The van der Waals surface area contributed by atoms with Crippen LogP contribution in [0.15, 0.2) is 15.4 Å². The fourth-order valence-electron chi connectivity index (χ4n) is 3.68. The highest BCUT2D eigenvalue weighted by Gasteiger charge is 2.36. The van der Waals surface area contributed by atoms with Crippen molar-refractivity contribution in [2.24, 2.45) is 5.92 Å². The molecule has 1 aliphatic carbocycles. The number of hydrogen-bond acceptors (Lipinski definition) is 3. The number of nitrogens with one attached hydrogen (secondary N) is 2. The normalized spacial score (nSPS) is 30.4. The number of hydrogen-bond donors (Lipinski definition) is 2. The molecule has 1 aromatic heterocycles. The monoisotopic (exact) mass is 300 g/mol. The Morgan fingerprint density at radius 1 is 1.29 bits per heavy atom. The molecule has 0 unspecified atom stereocenters. The summed E-state index contributed by atoms with van der Waals surface area (Å²) in [5.74, 6) is -1.09. The third-order valence-electron chi connectivity index (χ3n) is 4.89. The van der Waals surface area contributed by atoms with Crippen molar-refractivity contribution in [3.63, 3.8) is 0 Å². The number of piperidine rings is 1. The predicted octanol–water partition coefficient (Wildman–Crippen LogP) is 3.02. The molecule has 6 heteroatoms. The third-order valence-corrected chi connectivity index (χ3v) is 4.89. The summed E-state index contributed by atoms with van der Waals surface area (Å²) in [4.78, 5) is 11.2. The summed E-state index contributed by atoms with van der Waals surface area (Å²) in [6.45, 7) is 0.882. The largest absolute Gasteiger partial charge is 0.383 e. The highest BCUT2D eigenvalue weighted by atomic mass is 19.3. The molecule has 1 saturated carbocycles. The van der Waals surface area contributed by atoms with Gasteiger partial charge in [-0.2, -0.15) is 5.16 Å². The maximum absolute atomic E-state index is 13.2. The zero-order valence-electron chi connectivity index (χ0n) is 12.0. The van der Waals surface area contributed by atoms with Crippen LogP contribution in [-0.2, 0) is 0 Å². The summed E-state index contributed by atoms with van der Waals surface area (Å²) in [6, 6.07) is 1.86. The van der Waals surface area contributed by atoms with Crippen LogP contribution in [0.3, 0.4) is 0 Å². The highest BCUT2D eigenvalue weighted by Crippen LogP contribution is 2.39. The summed E-state index contributed by atoms with van der Waals surface area (Å²) in [6.07, 6.45) is 4.10. The van der Waals surface area contributed by atoms with E-state index in [1.54, 1.807) is 0 Å². The molecule has 1 aromatic rings. The molecule has 1 saturated heterocycles. The number of aromatic nitrogens is 1. The van der Waals surface area contributed by atoms with Crippen LogP contribution in [0.1, 0.15) is 56.6 Å². The molecular weight excluding hydrogens is 278 g/mol. The van der Waals surface area contributed by atoms with Crippen LogP contribution in [0.4, 0.5) is 8.78 Å². The molecule has 0 bridgehead atoms. The Kier molecular flexibility index (Phi) is 4.15. The second-order valence-corrected chi connectivity index (χ2v) is 6.52. The van der Waals surface area contributed by atoms with Gasteiger partial charge in [0.1, 0.15) is 5.76 Å². The molecule has 0 radical (unpaired) electrons. The lowest BCUT2D eigenvalue weighted by atomic mass is 9.79. The first-order valence-corrected chi connectivity index (χ1v) is 7.81. The molecule has 21 heavy (non-hydrogen) atoms. The molecule has 4 nitrogen and oxygen atoms in total. The van der Waals surface area contributed by atoms with Gasteiger partial charge in [0, 0.05) is 30.9 Å². The summed E-state index contributed by atoms with van der Waals surface area (Å²) in [5.41, 5.74) is -0.199. The van der Waals surface area contributed by atoms with Crippen LogP contribution < -0.4 is 10.9 Å². The minimum Gasteiger partial charge on any atom is -0.383 e. The van der Waals surface area contributed by atoms with Crippen LogP contribution in [0.2, 0.25) is 0 Å². The van der Waals surface area contributed by atoms with Gasteiger partial charge in [0.2, 0.25) is 5.92 Å². The van der Waals surface area contributed by atoms with Crippen LogP contribution in [-0.4, -0.2) is 23.7 Å². The second kappa shape index (κ2) is 5.91. The summed E-state index contributed by atoms with van der Waals surface area (Å²) in [5, 5.41) is 5.81. The predicted molar refractivity (Wildman–Crippen MR) is 74.6 cm³/mol. The van der Waals surface area contributed by atoms with Gasteiger partial charge in [-0.05, 0) is 44.6 Å². The molecule has 3 rings (SSSR count). The molecule has 2 aliphatic rings. The molecule has 2 fully saturated rings. The van der Waals surface area contributed by atoms with Gasteiger partial charge in [0.05, 0.1) is 0 Å². The molecule has 0 aromatic carbocycles. The number of H-pyrrole nitrogens is 1. The van der Waals surface area contributed by atoms with E-state index in [2.05, 4.69) is 10.5 Å². The zero-order chi connectivity index (χ0) is 14.9. The van der Waals surface area contributed by atoms with E-state index >= 15 is 0 Å². The summed E-state index contributed by atoms with van der Waals surface area (Å²) >= 11 is 0. The van der Waals surface area contributed by atoms with Gasteiger partial charge in [-0.1, -0.05) is 0 Å². The topological polar surface area (TPSA) is 58.0 Å². The number of aromatic amines is 1. The molecular formula is C15H22F2N2O2. The van der Waals surface area contributed by atoms with Gasteiger partial charge in [-0.15, -0.1) is 0 Å². The summed E-state index contributed by atoms with van der Waals surface area (Å²) < 4.78 is 31.6. The smallest absolute Gasteiger partial charge is 0.280 e. The number of halogens is 2. The Hall–Kier alpha value is -1.17. The quantitative estimate of drug-likeness (QED) is 0.902. The average Bonchev–Trinajstić information content (AvgIpc) is 2.88. The Bertz CT molecular complexity index is 516. The van der Waals surface area contributed by atoms with Crippen LogP contribution >= 0.6 is 0 Å². The van der Waals surface area contributed by atoms with Gasteiger partial charge in [0.15, 0.2) is 0 Å². The van der Waals surface area contributed by atoms with Gasteiger partial charge in [-0.25, -0.2) is 8.78 Å².